The third kappa shape index (κ3) is 5.00. The second-order valence-electron chi connectivity index (χ2n) is 8.25. The van der Waals surface area contributed by atoms with Crippen molar-refractivity contribution in [2.24, 2.45) is 13.0 Å². The van der Waals surface area contributed by atoms with Gasteiger partial charge in [0.25, 0.3) is 5.56 Å². The van der Waals surface area contributed by atoms with Crippen molar-refractivity contribution in [3.63, 3.8) is 0 Å². The highest BCUT2D eigenvalue weighted by Crippen LogP contribution is 2.24. The highest BCUT2D eigenvalue weighted by molar-refractivity contribution is 7.99. The van der Waals surface area contributed by atoms with Crippen LogP contribution < -0.4 is 16.1 Å². The molecule has 0 saturated carbocycles. The zero-order valence-electron chi connectivity index (χ0n) is 19.1. The summed E-state index contributed by atoms with van der Waals surface area (Å²) >= 11 is 1.59. The fourth-order valence-corrected chi connectivity index (χ4v) is 4.57. The molecule has 10 heteroatoms. The van der Waals surface area contributed by atoms with Crippen LogP contribution in [0.4, 0.5) is 5.95 Å². The number of benzene rings is 1. The predicted molar refractivity (Wildman–Crippen MR) is 131 cm³/mol. The van der Waals surface area contributed by atoms with Gasteiger partial charge in [0.1, 0.15) is 0 Å². The maximum absolute atomic E-state index is 12.8. The quantitative estimate of drug-likeness (QED) is 0.315. The Bertz CT molecular complexity index is 1380. The van der Waals surface area contributed by atoms with Gasteiger partial charge in [0.15, 0.2) is 16.3 Å². The highest BCUT2D eigenvalue weighted by atomic mass is 32.2. The van der Waals surface area contributed by atoms with E-state index >= 15 is 0 Å². The largest absolute Gasteiger partial charge is 0.341 e. The number of fused-ring (bicyclic) bond motifs is 1. The lowest BCUT2D eigenvalue weighted by Gasteiger charge is -2.21. The van der Waals surface area contributed by atoms with Crippen molar-refractivity contribution in [1.82, 2.24) is 29.1 Å². The molecule has 0 spiro atoms. The third-order valence-electron chi connectivity index (χ3n) is 5.35. The minimum Gasteiger partial charge on any atom is -0.341 e. The molecule has 3 aromatic heterocycles. The van der Waals surface area contributed by atoms with Crippen LogP contribution in [0, 0.1) is 12.8 Å². The van der Waals surface area contributed by atoms with Gasteiger partial charge >= 0.3 is 5.69 Å². The average Bonchev–Trinajstić information content (AvgIpc) is 3.17. The molecular weight excluding hydrogens is 438 g/mol. The van der Waals surface area contributed by atoms with Gasteiger partial charge in [-0.1, -0.05) is 49.0 Å². The molecule has 9 nitrogen and oxygen atoms in total. The number of aromatic amines is 1. The predicted octanol–water partition coefficient (Wildman–Crippen LogP) is 2.59. The molecule has 1 atom stereocenters. The topological polar surface area (TPSA) is 102 Å². The molecule has 172 valence electrons. The van der Waals surface area contributed by atoms with Crippen molar-refractivity contribution in [2.75, 3.05) is 17.7 Å². The van der Waals surface area contributed by atoms with Gasteiger partial charge < -0.3 is 9.47 Å². The highest BCUT2D eigenvalue weighted by Gasteiger charge is 2.21. The molecule has 0 amide bonds. The van der Waals surface area contributed by atoms with E-state index in [1.54, 1.807) is 25.0 Å². The van der Waals surface area contributed by atoms with Gasteiger partial charge in [-0.05, 0) is 24.5 Å². The number of aryl methyl sites for hydroxylation is 2. The molecule has 33 heavy (non-hydrogen) atoms. The molecular formula is C23H27N7O2S. The van der Waals surface area contributed by atoms with E-state index in [9.17, 15) is 9.59 Å². The molecule has 0 unspecified atom stereocenters. The first kappa shape index (κ1) is 22.8. The minimum atomic E-state index is -0.477. The van der Waals surface area contributed by atoms with Crippen LogP contribution in [0.1, 0.15) is 18.2 Å². The number of hydrogen-bond donors (Lipinski definition) is 1. The van der Waals surface area contributed by atoms with E-state index in [0.29, 0.717) is 30.2 Å². The Morgan fingerprint density at radius 3 is 2.64 bits per heavy atom. The van der Waals surface area contributed by atoms with Gasteiger partial charge in [-0.2, -0.15) is 4.98 Å². The molecule has 0 fully saturated rings. The van der Waals surface area contributed by atoms with Gasteiger partial charge in [-0.25, -0.2) is 14.8 Å². The van der Waals surface area contributed by atoms with Gasteiger partial charge in [0.2, 0.25) is 5.95 Å². The normalized spacial score (nSPS) is 12.2. The number of rotatable bonds is 8. The number of aromatic nitrogens is 6. The summed E-state index contributed by atoms with van der Waals surface area (Å²) in [6, 6.07) is 11.9. The zero-order valence-corrected chi connectivity index (χ0v) is 20.0. The fourth-order valence-electron chi connectivity index (χ4n) is 3.69. The number of nitrogens with zero attached hydrogens (tertiary/aromatic N) is 6. The van der Waals surface area contributed by atoms with Crippen LogP contribution in [-0.2, 0) is 20.1 Å². The average molecular weight is 466 g/mol. The summed E-state index contributed by atoms with van der Waals surface area (Å²) < 4.78 is 3.30. The van der Waals surface area contributed by atoms with Gasteiger partial charge in [0.05, 0.1) is 0 Å². The molecule has 0 aliphatic heterocycles. The summed E-state index contributed by atoms with van der Waals surface area (Å²) in [7, 11) is 3.56. The van der Waals surface area contributed by atoms with Crippen molar-refractivity contribution in [1.29, 1.82) is 0 Å². The Hall–Kier alpha value is -3.40. The maximum Gasteiger partial charge on any atom is 0.329 e. The lowest BCUT2D eigenvalue weighted by Crippen LogP contribution is -2.30. The van der Waals surface area contributed by atoms with Crippen molar-refractivity contribution >= 4 is 28.9 Å². The summed E-state index contributed by atoms with van der Waals surface area (Å²) in [5.74, 6) is 1.61. The Balaban J connectivity index is 1.67. The number of hydrogen-bond acceptors (Lipinski definition) is 7. The fraction of sp³-hybridized carbons (Fsp3) is 0.348. The molecule has 4 rings (SSSR count). The molecule has 0 saturated heterocycles. The SMILES string of the molecule is Cc1ccnc(SC[C@@H](C)Cn2c(N(C)Cc3ccccc3)nc3c2c(=O)[nH]c(=O)n3C)n1. The van der Waals surface area contributed by atoms with E-state index in [1.807, 2.05) is 59.8 Å². The summed E-state index contributed by atoms with van der Waals surface area (Å²) in [5.41, 5.74) is 1.92. The molecule has 4 aromatic rings. The second kappa shape index (κ2) is 9.62. The van der Waals surface area contributed by atoms with Crippen LogP contribution >= 0.6 is 11.8 Å². The number of thioether (sulfide) groups is 1. The number of imidazole rings is 1. The van der Waals surface area contributed by atoms with Crippen molar-refractivity contribution in [2.45, 2.75) is 32.1 Å². The Kier molecular flexibility index (Phi) is 6.64. The Morgan fingerprint density at radius 1 is 1.15 bits per heavy atom. The maximum atomic E-state index is 12.8. The summed E-state index contributed by atoms with van der Waals surface area (Å²) in [6.45, 7) is 5.24. The second-order valence-corrected chi connectivity index (χ2v) is 9.24. The number of anilines is 1. The van der Waals surface area contributed by atoms with Crippen LogP contribution in [0.3, 0.4) is 0 Å². The molecule has 1 N–H and O–H groups in total. The van der Waals surface area contributed by atoms with Crippen molar-refractivity contribution in [3.05, 3.63) is 74.7 Å². The van der Waals surface area contributed by atoms with E-state index in [-0.39, 0.29) is 5.92 Å². The van der Waals surface area contributed by atoms with Crippen LogP contribution in [0.15, 0.2) is 57.3 Å². The van der Waals surface area contributed by atoms with E-state index in [4.69, 9.17) is 4.98 Å². The molecule has 0 aliphatic rings. The summed E-state index contributed by atoms with van der Waals surface area (Å²) in [4.78, 5) is 42.9. The Morgan fingerprint density at radius 2 is 1.91 bits per heavy atom. The minimum absolute atomic E-state index is 0.192. The van der Waals surface area contributed by atoms with E-state index in [2.05, 4.69) is 21.9 Å². The first-order valence-electron chi connectivity index (χ1n) is 10.7. The monoisotopic (exact) mass is 465 g/mol. The van der Waals surface area contributed by atoms with E-state index < -0.39 is 11.2 Å². The van der Waals surface area contributed by atoms with E-state index in [1.165, 1.54) is 4.57 Å². The Labute approximate surface area is 195 Å². The van der Waals surface area contributed by atoms with Crippen molar-refractivity contribution < 1.29 is 0 Å². The number of nitrogens with one attached hydrogen (secondary N) is 1. The lowest BCUT2D eigenvalue weighted by molar-refractivity contribution is 0.536. The van der Waals surface area contributed by atoms with Crippen LogP contribution in [0.2, 0.25) is 0 Å². The van der Waals surface area contributed by atoms with Gasteiger partial charge in [0, 0.05) is 44.8 Å². The summed E-state index contributed by atoms with van der Waals surface area (Å²) in [6.07, 6.45) is 1.76. The third-order valence-corrected chi connectivity index (χ3v) is 6.55. The molecule has 0 bridgehead atoms. The summed E-state index contributed by atoms with van der Waals surface area (Å²) in [5, 5.41) is 0.735. The van der Waals surface area contributed by atoms with E-state index in [0.717, 1.165) is 22.2 Å². The molecule has 0 aliphatic carbocycles. The standard InChI is InChI=1S/C23H27N7O2S/c1-15(14-33-21-24-11-10-16(2)25-21)12-30-18-19(29(4)23(32)27-20(18)31)26-22(30)28(3)13-17-8-6-5-7-9-17/h5-11,15H,12-14H2,1-4H3,(H,27,31,32)/t15-/m0/s1. The van der Waals surface area contributed by atoms with Crippen LogP contribution in [0.5, 0.6) is 0 Å². The number of H-pyrrole nitrogens is 1. The van der Waals surface area contributed by atoms with Gasteiger partial charge in [-0.15, -0.1) is 0 Å². The smallest absolute Gasteiger partial charge is 0.329 e. The first-order chi connectivity index (χ1) is 15.8. The zero-order chi connectivity index (χ0) is 23.5. The van der Waals surface area contributed by atoms with Crippen molar-refractivity contribution in [3.8, 4) is 0 Å². The van der Waals surface area contributed by atoms with Crippen LogP contribution in [-0.4, -0.2) is 41.9 Å². The first-order valence-corrected chi connectivity index (χ1v) is 11.7. The molecule has 3 heterocycles. The molecule has 1 aromatic carbocycles. The lowest BCUT2D eigenvalue weighted by atomic mass is 10.2. The van der Waals surface area contributed by atoms with Gasteiger partial charge in [-0.3, -0.25) is 14.3 Å². The molecule has 0 radical (unpaired) electrons. The van der Waals surface area contributed by atoms with Crippen LogP contribution in [0.25, 0.3) is 11.2 Å².